The maximum absolute atomic E-state index is 5.45. The minimum atomic E-state index is 0.534. The van der Waals surface area contributed by atoms with Gasteiger partial charge >= 0.3 is 0 Å². The highest BCUT2D eigenvalue weighted by Crippen LogP contribution is 2.22. The average molecular weight is 237 g/mol. The van der Waals surface area contributed by atoms with Gasteiger partial charge < -0.3 is 4.84 Å². The zero-order chi connectivity index (χ0) is 12.2. The molecule has 2 nitrogen and oxygen atoms in total. The fourth-order valence-electron chi connectivity index (χ4n) is 2.26. The molecule has 0 unspecified atom stereocenters. The summed E-state index contributed by atoms with van der Waals surface area (Å²) >= 11 is 0. The summed E-state index contributed by atoms with van der Waals surface area (Å²) in [6.45, 7) is 0.534. The largest absolute Gasteiger partial charge is 0.391 e. The van der Waals surface area contributed by atoms with E-state index in [1.165, 1.54) is 11.1 Å². The third kappa shape index (κ3) is 2.28. The van der Waals surface area contributed by atoms with Gasteiger partial charge in [-0.1, -0.05) is 59.8 Å². The topological polar surface area (TPSA) is 21.6 Å². The molecule has 0 fully saturated rings. The molecule has 0 radical (unpaired) electrons. The SMILES string of the molecule is c1ccc(CON=C2CCc3ccccc32)cc1. The van der Waals surface area contributed by atoms with Crippen LogP contribution in [-0.4, -0.2) is 5.71 Å². The normalized spacial score (nSPS) is 15.7. The molecule has 0 aromatic heterocycles. The van der Waals surface area contributed by atoms with Crippen LogP contribution in [-0.2, 0) is 17.9 Å². The van der Waals surface area contributed by atoms with E-state index in [0.29, 0.717) is 6.61 Å². The van der Waals surface area contributed by atoms with E-state index in [9.17, 15) is 0 Å². The first-order valence-electron chi connectivity index (χ1n) is 6.24. The van der Waals surface area contributed by atoms with E-state index in [1.54, 1.807) is 0 Å². The van der Waals surface area contributed by atoms with Gasteiger partial charge in [-0.15, -0.1) is 0 Å². The van der Waals surface area contributed by atoms with Crippen LogP contribution < -0.4 is 0 Å². The second kappa shape index (κ2) is 5.05. The van der Waals surface area contributed by atoms with Crippen LogP contribution in [0.15, 0.2) is 59.8 Å². The van der Waals surface area contributed by atoms with Crippen LogP contribution in [0.2, 0.25) is 0 Å². The predicted octanol–water partition coefficient (Wildman–Crippen LogP) is 3.55. The molecule has 0 amide bonds. The molecule has 90 valence electrons. The van der Waals surface area contributed by atoms with Crippen LogP contribution in [0.4, 0.5) is 0 Å². The van der Waals surface area contributed by atoms with Crippen molar-refractivity contribution in [2.75, 3.05) is 0 Å². The first kappa shape index (κ1) is 11.0. The molecule has 0 bridgehead atoms. The Bertz CT molecular complexity index is 560. The van der Waals surface area contributed by atoms with E-state index in [1.807, 2.05) is 30.3 Å². The molecule has 3 rings (SSSR count). The number of hydrogen-bond donors (Lipinski definition) is 0. The predicted molar refractivity (Wildman–Crippen MR) is 72.5 cm³/mol. The number of aryl methyl sites for hydroxylation is 1. The standard InChI is InChI=1S/C16H15NO/c1-2-6-13(7-3-1)12-18-17-16-11-10-14-8-4-5-9-15(14)16/h1-9H,10-12H2. The molecule has 0 heterocycles. The summed E-state index contributed by atoms with van der Waals surface area (Å²) in [5, 5.41) is 4.28. The molecule has 0 saturated heterocycles. The number of nitrogens with zero attached hydrogens (tertiary/aromatic N) is 1. The highest BCUT2D eigenvalue weighted by molar-refractivity contribution is 6.04. The molecule has 2 heteroatoms. The average Bonchev–Trinajstić information content (AvgIpc) is 2.84. The van der Waals surface area contributed by atoms with Gasteiger partial charge in [0, 0.05) is 5.56 Å². The quantitative estimate of drug-likeness (QED) is 0.748. The lowest BCUT2D eigenvalue weighted by Gasteiger charge is -2.02. The number of oxime groups is 1. The van der Waals surface area contributed by atoms with Crippen molar-refractivity contribution in [1.82, 2.24) is 0 Å². The van der Waals surface area contributed by atoms with E-state index in [4.69, 9.17) is 4.84 Å². The van der Waals surface area contributed by atoms with Crippen molar-refractivity contribution in [3.63, 3.8) is 0 Å². The molecule has 0 saturated carbocycles. The lowest BCUT2D eigenvalue weighted by Crippen LogP contribution is -1.96. The Hall–Kier alpha value is -2.09. The first-order valence-corrected chi connectivity index (χ1v) is 6.24. The van der Waals surface area contributed by atoms with Gasteiger partial charge in [0.2, 0.25) is 0 Å². The van der Waals surface area contributed by atoms with Crippen molar-refractivity contribution in [3.8, 4) is 0 Å². The van der Waals surface area contributed by atoms with E-state index in [-0.39, 0.29) is 0 Å². The van der Waals surface area contributed by atoms with Crippen LogP contribution in [0.1, 0.15) is 23.1 Å². The highest BCUT2D eigenvalue weighted by atomic mass is 16.6. The molecule has 0 atom stereocenters. The van der Waals surface area contributed by atoms with Crippen molar-refractivity contribution in [2.45, 2.75) is 19.4 Å². The number of hydrogen-bond acceptors (Lipinski definition) is 2. The number of rotatable bonds is 3. The second-order valence-corrected chi connectivity index (χ2v) is 4.45. The van der Waals surface area contributed by atoms with Gasteiger partial charge in [0.15, 0.2) is 0 Å². The van der Waals surface area contributed by atoms with Gasteiger partial charge in [-0.2, -0.15) is 0 Å². The Labute approximate surface area is 107 Å². The van der Waals surface area contributed by atoms with Gasteiger partial charge in [0.05, 0.1) is 5.71 Å². The van der Waals surface area contributed by atoms with E-state index >= 15 is 0 Å². The zero-order valence-corrected chi connectivity index (χ0v) is 10.2. The van der Waals surface area contributed by atoms with E-state index < -0.39 is 0 Å². The lowest BCUT2D eigenvalue weighted by molar-refractivity contribution is 0.130. The van der Waals surface area contributed by atoms with Crippen molar-refractivity contribution < 1.29 is 4.84 Å². The van der Waals surface area contributed by atoms with Gasteiger partial charge in [0.1, 0.15) is 6.61 Å². The van der Waals surface area contributed by atoms with Crippen LogP contribution >= 0.6 is 0 Å². The maximum Gasteiger partial charge on any atom is 0.142 e. The van der Waals surface area contributed by atoms with E-state index in [2.05, 4.69) is 29.4 Å². The Kier molecular flexibility index (Phi) is 3.09. The molecule has 0 spiro atoms. The van der Waals surface area contributed by atoms with Crippen LogP contribution in [0.25, 0.3) is 0 Å². The van der Waals surface area contributed by atoms with Gasteiger partial charge in [-0.3, -0.25) is 0 Å². The summed E-state index contributed by atoms with van der Waals surface area (Å²) < 4.78 is 0. The second-order valence-electron chi connectivity index (χ2n) is 4.45. The molecule has 2 aromatic rings. The molecule has 0 N–H and O–H groups in total. The molecule has 18 heavy (non-hydrogen) atoms. The molecule has 1 aliphatic carbocycles. The molecular formula is C16H15NO. The van der Waals surface area contributed by atoms with Crippen molar-refractivity contribution in [1.29, 1.82) is 0 Å². The summed E-state index contributed by atoms with van der Waals surface area (Å²) in [5.41, 5.74) is 4.83. The highest BCUT2D eigenvalue weighted by Gasteiger charge is 2.17. The first-order chi connectivity index (χ1) is 8.93. The maximum atomic E-state index is 5.45. The minimum absolute atomic E-state index is 0.534. The van der Waals surface area contributed by atoms with Crippen LogP contribution in [0.5, 0.6) is 0 Å². The number of benzene rings is 2. The van der Waals surface area contributed by atoms with Crippen LogP contribution in [0.3, 0.4) is 0 Å². The monoisotopic (exact) mass is 237 g/mol. The lowest BCUT2D eigenvalue weighted by atomic mass is 10.1. The summed E-state index contributed by atoms with van der Waals surface area (Å²) in [6.07, 6.45) is 2.05. The fourth-order valence-corrected chi connectivity index (χ4v) is 2.26. The Morgan fingerprint density at radius 2 is 1.67 bits per heavy atom. The molecular weight excluding hydrogens is 222 g/mol. The Balaban J connectivity index is 1.68. The smallest absolute Gasteiger partial charge is 0.142 e. The minimum Gasteiger partial charge on any atom is -0.391 e. The Morgan fingerprint density at radius 3 is 2.56 bits per heavy atom. The third-order valence-corrected chi connectivity index (χ3v) is 3.21. The molecule has 1 aliphatic rings. The summed E-state index contributed by atoms with van der Waals surface area (Å²) in [6, 6.07) is 18.5. The van der Waals surface area contributed by atoms with Gasteiger partial charge in [0.25, 0.3) is 0 Å². The van der Waals surface area contributed by atoms with Crippen molar-refractivity contribution in [3.05, 3.63) is 71.3 Å². The van der Waals surface area contributed by atoms with E-state index in [0.717, 1.165) is 24.1 Å². The van der Waals surface area contributed by atoms with Gasteiger partial charge in [-0.05, 0) is 24.0 Å². The number of fused-ring (bicyclic) bond motifs is 1. The Morgan fingerprint density at radius 1 is 0.889 bits per heavy atom. The third-order valence-electron chi connectivity index (χ3n) is 3.21. The molecule has 0 aliphatic heterocycles. The summed E-state index contributed by atoms with van der Waals surface area (Å²) in [7, 11) is 0. The van der Waals surface area contributed by atoms with Crippen LogP contribution in [0, 0.1) is 0 Å². The van der Waals surface area contributed by atoms with Crippen molar-refractivity contribution >= 4 is 5.71 Å². The zero-order valence-electron chi connectivity index (χ0n) is 10.2. The van der Waals surface area contributed by atoms with Gasteiger partial charge in [-0.25, -0.2) is 0 Å². The molecule has 2 aromatic carbocycles. The summed E-state index contributed by atoms with van der Waals surface area (Å²) in [5.74, 6) is 0. The summed E-state index contributed by atoms with van der Waals surface area (Å²) in [4.78, 5) is 5.45. The van der Waals surface area contributed by atoms with Crippen molar-refractivity contribution in [2.24, 2.45) is 5.16 Å². The fraction of sp³-hybridized carbons (Fsp3) is 0.188.